The van der Waals surface area contributed by atoms with E-state index in [0.717, 1.165) is 0 Å². The number of imidazole rings is 1. The zero-order valence-electron chi connectivity index (χ0n) is 19.1. The minimum Gasteiger partial charge on any atom is -0.465 e. The van der Waals surface area contributed by atoms with Crippen molar-refractivity contribution in [3.63, 3.8) is 0 Å². The highest BCUT2D eigenvalue weighted by atomic mass is 16.7. The summed E-state index contributed by atoms with van der Waals surface area (Å²) in [5.74, 6) is -2.57. The quantitative estimate of drug-likeness (QED) is 0.466. The molecule has 1 fully saturated rings. The maximum Gasteiger partial charge on any atom is 0.340 e. The molecular weight excluding hydrogens is 438 g/mol. The van der Waals surface area contributed by atoms with Crippen LogP contribution in [0, 0.1) is 6.92 Å². The lowest BCUT2D eigenvalue weighted by atomic mass is 9.97. The summed E-state index contributed by atoms with van der Waals surface area (Å²) in [6, 6.07) is 1.54. The third kappa shape index (κ3) is 4.95. The van der Waals surface area contributed by atoms with E-state index >= 15 is 0 Å². The van der Waals surface area contributed by atoms with Crippen LogP contribution in [0.1, 0.15) is 50.0 Å². The molecule has 0 aliphatic carbocycles. The Hall–Kier alpha value is -3.54. The van der Waals surface area contributed by atoms with E-state index in [1.165, 1.54) is 44.8 Å². The Morgan fingerprint density at radius 3 is 2.12 bits per heavy atom. The molecule has 0 aromatic carbocycles. The highest BCUT2D eigenvalue weighted by Crippen LogP contribution is 2.36. The van der Waals surface area contributed by atoms with Crippen molar-refractivity contribution < 1.29 is 42.9 Å². The summed E-state index contributed by atoms with van der Waals surface area (Å²) in [5.41, 5.74) is 1.21. The highest BCUT2D eigenvalue weighted by molar-refractivity contribution is 6.01. The van der Waals surface area contributed by atoms with Gasteiger partial charge < -0.3 is 23.7 Å². The fraction of sp³-hybridized carbons (Fsp3) is 0.524. The lowest BCUT2D eigenvalue weighted by Gasteiger charge is -2.43. The SMILES string of the molecule is COC(=O)c1cc(C)nc2c1ncn2[C@@H]1O[C@@H](C)[C@H](OC(C)=O)[C@@H](OC(C)=O)[C@H]1OC(C)=O. The summed E-state index contributed by atoms with van der Waals surface area (Å²) in [7, 11) is 1.25. The van der Waals surface area contributed by atoms with Crippen LogP contribution < -0.4 is 0 Å². The van der Waals surface area contributed by atoms with E-state index in [-0.39, 0.29) is 16.7 Å². The molecule has 0 bridgehead atoms. The first-order chi connectivity index (χ1) is 15.5. The van der Waals surface area contributed by atoms with E-state index in [1.54, 1.807) is 13.8 Å². The summed E-state index contributed by atoms with van der Waals surface area (Å²) in [6.45, 7) is 6.89. The van der Waals surface area contributed by atoms with E-state index < -0.39 is 54.5 Å². The number of methoxy groups -OCH3 is 1. The molecule has 0 radical (unpaired) electrons. The van der Waals surface area contributed by atoms with Gasteiger partial charge in [-0.25, -0.2) is 14.8 Å². The fourth-order valence-corrected chi connectivity index (χ4v) is 3.80. The average molecular weight is 463 g/mol. The van der Waals surface area contributed by atoms with Crippen LogP contribution >= 0.6 is 0 Å². The number of esters is 4. The maximum absolute atomic E-state index is 12.2. The number of hydrogen-bond acceptors (Lipinski definition) is 11. The Morgan fingerprint density at radius 1 is 0.970 bits per heavy atom. The third-order valence-corrected chi connectivity index (χ3v) is 4.99. The molecule has 3 rings (SSSR count). The van der Waals surface area contributed by atoms with Gasteiger partial charge in [0.2, 0.25) is 0 Å². The van der Waals surface area contributed by atoms with E-state index in [0.29, 0.717) is 5.69 Å². The van der Waals surface area contributed by atoms with Gasteiger partial charge in [-0.3, -0.25) is 19.0 Å². The number of nitrogens with zero attached hydrogens (tertiary/aromatic N) is 3. The predicted molar refractivity (Wildman–Crippen MR) is 110 cm³/mol. The number of fused-ring (bicyclic) bond motifs is 1. The van der Waals surface area contributed by atoms with E-state index in [4.69, 9.17) is 23.7 Å². The van der Waals surface area contributed by atoms with Gasteiger partial charge in [0.1, 0.15) is 5.52 Å². The normalized spacial score (nSPS) is 24.7. The van der Waals surface area contributed by atoms with Gasteiger partial charge in [0.25, 0.3) is 0 Å². The number of pyridine rings is 1. The van der Waals surface area contributed by atoms with Crippen LogP contribution in [0.4, 0.5) is 0 Å². The van der Waals surface area contributed by atoms with Crippen molar-refractivity contribution in [2.45, 2.75) is 65.3 Å². The van der Waals surface area contributed by atoms with Crippen molar-refractivity contribution in [1.82, 2.24) is 14.5 Å². The topological polar surface area (TPSA) is 145 Å². The van der Waals surface area contributed by atoms with Crippen LogP contribution in [0.25, 0.3) is 11.2 Å². The summed E-state index contributed by atoms with van der Waals surface area (Å²) >= 11 is 0. The summed E-state index contributed by atoms with van der Waals surface area (Å²) in [6.07, 6.45) is -3.89. The molecule has 2 aromatic heterocycles. The second-order valence-electron chi connectivity index (χ2n) is 7.58. The van der Waals surface area contributed by atoms with Gasteiger partial charge in [0.05, 0.1) is 25.1 Å². The van der Waals surface area contributed by atoms with Crippen molar-refractivity contribution in [1.29, 1.82) is 0 Å². The lowest BCUT2D eigenvalue weighted by molar-refractivity contribution is -0.259. The number of ether oxygens (including phenoxy) is 5. The molecule has 5 atom stereocenters. The summed E-state index contributed by atoms with van der Waals surface area (Å²) in [5, 5.41) is 0. The third-order valence-electron chi connectivity index (χ3n) is 4.99. The van der Waals surface area contributed by atoms with E-state index in [1.807, 2.05) is 0 Å². The second kappa shape index (κ2) is 9.53. The largest absolute Gasteiger partial charge is 0.465 e. The zero-order chi connectivity index (χ0) is 24.4. The average Bonchev–Trinajstić information content (AvgIpc) is 3.13. The zero-order valence-corrected chi connectivity index (χ0v) is 19.1. The minimum absolute atomic E-state index is 0.195. The number of carbonyl (C=O) groups excluding carboxylic acids is 4. The van der Waals surface area contributed by atoms with Crippen LogP contribution in [0.15, 0.2) is 12.4 Å². The number of rotatable bonds is 5. The predicted octanol–water partition coefficient (Wildman–Crippen LogP) is 1.24. The first kappa shape index (κ1) is 24.1. The molecule has 1 aliphatic rings. The number of aromatic nitrogens is 3. The van der Waals surface area contributed by atoms with Crippen LogP contribution in [0.3, 0.4) is 0 Å². The van der Waals surface area contributed by atoms with Crippen molar-refractivity contribution in [2.75, 3.05) is 7.11 Å². The Labute approximate surface area is 189 Å². The standard InChI is InChI=1S/C21H25N3O9/c1-9-7-14(21(28)29-6)15-19(23-9)24(8-22-15)20-18(33-13(5)27)17(32-12(4)26)16(10(2)30-20)31-11(3)25/h7-8,10,16-18,20H,1-6H3/t10-,16-,17+,18+,20+/m0/s1. The minimum atomic E-state index is -1.21. The van der Waals surface area contributed by atoms with Crippen molar-refractivity contribution >= 4 is 35.0 Å². The molecule has 3 heterocycles. The van der Waals surface area contributed by atoms with Crippen LogP contribution in [-0.2, 0) is 38.1 Å². The Balaban J connectivity index is 2.16. The molecule has 2 aromatic rings. The smallest absolute Gasteiger partial charge is 0.340 e. The summed E-state index contributed by atoms with van der Waals surface area (Å²) < 4.78 is 28.6. The molecule has 33 heavy (non-hydrogen) atoms. The van der Waals surface area contributed by atoms with E-state index in [2.05, 4.69) is 9.97 Å². The molecule has 12 heteroatoms. The first-order valence-electron chi connectivity index (χ1n) is 10.1. The Kier molecular flexibility index (Phi) is 6.96. The van der Waals surface area contributed by atoms with Gasteiger partial charge in [0.15, 0.2) is 30.2 Å². The molecule has 0 spiro atoms. The van der Waals surface area contributed by atoms with Crippen LogP contribution in [0.2, 0.25) is 0 Å². The van der Waals surface area contributed by atoms with E-state index in [9.17, 15) is 19.2 Å². The van der Waals surface area contributed by atoms with Gasteiger partial charge in [-0.2, -0.15) is 0 Å². The van der Waals surface area contributed by atoms with Crippen molar-refractivity contribution in [3.05, 3.63) is 23.7 Å². The van der Waals surface area contributed by atoms with Gasteiger partial charge in [0, 0.05) is 26.5 Å². The molecule has 178 valence electrons. The highest BCUT2D eigenvalue weighted by Gasteiger charge is 2.51. The van der Waals surface area contributed by atoms with Crippen LogP contribution in [0.5, 0.6) is 0 Å². The summed E-state index contributed by atoms with van der Waals surface area (Å²) in [4.78, 5) is 56.5. The van der Waals surface area contributed by atoms with Crippen molar-refractivity contribution in [3.8, 4) is 0 Å². The van der Waals surface area contributed by atoms with Gasteiger partial charge in [-0.15, -0.1) is 0 Å². The first-order valence-corrected chi connectivity index (χ1v) is 10.1. The number of hydrogen-bond donors (Lipinski definition) is 0. The molecule has 0 N–H and O–H groups in total. The molecule has 12 nitrogen and oxygen atoms in total. The van der Waals surface area contributed by atoms with Gasteiger partial charge in [-0.05, 0) is 19.9 Å². The molecule has 0 amide bonds. The van der Waals surface area contributed by atoms with Gasteiger partial charge in [-0.1, -0.05) is 0 Å². The molecule has 0 unspecified atom stereocenters. The lowest BCUT2D eigenvalue weighted by Crippen LogP contribution is -2.58. The molecular formula is C21H25N3O9. The Bertz CT molecular complexity index is 1100. The van der Waals surface area contributed by atoms with Crippen molar-refractivity contribution in [2.24, 2.45) is 0 Å². The molecule has 1 aliphatic heterocycles. The Morgan fingerprint density at radius 2 is 1.55 bits per heavy atom. The maximum atomic E-state index is 12.2. The molecule has 0 saturated carbocycles. The number of carbonyl (C=O) groups is 4. The monoisotopic (exact) mass is 463 g/mol. The number of aryl methyl sites for hydroxylation is 1. The van der Waals surface area contributed by atoms with Crippen LogP contribution in [-0.4, -0.2) is 69.9 Å². The second-order valence-corrected chi connectivity index (χ2v) is 7.58. The fourth-order valence-electron chi connectivity index (χ4n) is 3.80. The molecule has 1 saturated heterocycles. The van der Waals surface area contributed by atoms with Gasteiger partial charge >= 0.3 is 23.9 Å².